The van der Waals surface area contributed by atoms with Crippen molar-refractivity contribution in [2.75, 3.05) is 0 Å². The fraction of sp³-hybridized carbons (Fsp3) is 0.0811. The Morgan fingerprint density at radius 2 is 1.43 bits per heavy atom. The van der Waals surface area contributed by atoms with Crippen LogP contribution >= 0.6 is 7.92 Å². The lowest BCUT2D eigenvalue weighted by Gasteiger charge is -2.27. The molecule has 3 heteroatoms. The monoisotopic (exact) mass is 536 g/mol. The summed E-state index contributed by atoms with van der Waals surface area (Å²) in [6, 6.07) is 37.2. The first-order valence-corrected chi connectivity index (χ1v) is 15.1. The van der Waals surface area contributed by atoms with Crippen molar-refractivity contribution in [3.05, 3.63) is 167 Å². The van der Waals surface area contributed by atoms with Gasteiger partial charge in [0.05, 0.1) is 11.4 Å². The molecule has 0 saturated carbocycles. The van der Waals surface area contributed by atoms with Crippen molar-refractivity contribution >= 4 is 30.3 Å². The van der Waals surface area contributed by atoms with Crippen LogP contribution in [0.5, 0.6) is 0 Å². The van der Waals surface area contributed by atoms with Gasteiger partial charge in [-0.05, 0) is 71.6 Å². The zero-order valence-electron chi connectivity index (χ0n) is 22.7. The summed E-state index contributed by atoms with van der Waals surface area (Å²) in [5.41, 5.74) is 14.4. The Labute approximate surface area is 238 Å². The molecular formula is C37H33N2P. The summed E-state index contributed by atoms with van der Waals surface area (Å²) in [5.74, 6) is 0. The minimum Gasteiger partial charge on any atom is -0.397 e. The second kappa shape index (κ2) is 11.8. The number of rotatable bonds is 6. The molecule has 4 aromatic rings. The van der Waals surface area contributed by atoms with E-state index in [0.29, 0.717) is 0 Å². The number of fused-ring (bicyclic) bond motifs is 2. The molecule has 4 aromatic carbocycles. The Bertz CT molecular complexity index is 1660. The Hall–Kier alpha value is -4.39. The van der Waals surface area contributed by atoms with E-state index in [1.165, 1.54) is 38.2 Å². The molecule has 0 saturated heterocycles. The predicted octanol–water partition coefficient (Wildman–Crippen LogP) is 7.81. The van der Waals surface area contributed by atoms with Gasteiger partial charge in [0.25, 0.3) is 0 Å². The summed E-state index contributed by atoms with van der Waals surface area (Å²) in [6.45, 7) is 2.17. The maximum Gasteiger partial charge on any atom is 0.0655 e. The van der Waals surface area contributed by atoms with Gasteiger partial charge < -0.3 is 11.1 Å². The lowest BCUT2D eigenvalue weighted by molar-refractivity contribution is 0.714. The molecule has 0 fully saturated rings. The molecule has 40 heavy (non-hydrogen) atoms. The highest BCUT2D eigenvalue weighted by Crippen LogP contribution is 2.45. The molecule has 2 unspecified atom stereocenters. The van der Waals surface area contributed by atoms with Crippen LogP contribution in [0, 0.1) is 6.92 Å². The van der Waals surface area contributed by atoms with Crippen molar-refractivity contribution in [3.8, 4) is 11.1 Å². The standard InChI is InChI=1S/C37H33N2P/c1-27-28-12-8-9-21-36(38)37(35(27)20-11-15-28)39-31-22-24-33(25-23-31)40(32-17-6-3-7-18-32)34-19-10-16-30(26-34)29-13-4-2-5-14-29/h2-22,24-26,31,39H,23,38H2,1H3/b12-8-,21-9-,37-36-. The number of nitrogens with one attached hydrogen (secondary N) is 1. The Balaban J connectivity index is 1.30. The van der Waals surface area contributed by atoms with Crippen LogP contribution in [-0.4, -0.2) is 6.04 Å². The molecule has 2 aliphatic rings. The van der Waals surface area contributed by atoms with Crippen molar-refractivity contribution < 1.29 is 0 Å². The highest BCUT2D eigenvalue weighted by atomic mass is 31.1. The fourth-order valence-corrected chi connectivity index (χ4v) is 7.76. The smallest absolute Gasteiger partial charge is 0.0655 e. The Morgan fingerprint density at radius 1 is 0.725 bits per heavy atom. The van der Waals surface area contributed by atoms with Crippen LogP contribution in [-0.2, 0) is 0 Å². The van der Waals surface area contributed by atoms with Crippen molar-refractivity contribution in [1.82, 2.24) is 5.32 Å². The molecule has 0 heterocycles. The molecule has 196 valence electrons. The summed E-state index contributed by atoms with van der Waals surface area (Å²) in [4.78, 5) is 0. The fourth-order valence-electron chi connectivity index (χ4n) is 5.37. The summed E-state index contributed by atoms with van der Waals surface area (Å²) in [6.07, 6.45) is 16.1. The van der Waals surface area contributed by atoms with Gasteiger partial charge in [0.15, 0.2) is 0 Å². The molecule has 0 aliphatic heterocycles. The van der Waals surface area contributed by atoms with Gasteiger partial charge in [0.1, 0.15) is 0 Å². The molecule has 0 spiro atoms. The van der Waals surface area contributed by atoms with Gasteiger partial charge >= 0.3 is 0 Å². The third-order valence-corrected chi connectivity index (χ3v) is 9.95. The number of hydrogen-bond acceptors (Lipinski definition) is 2. The zero-order valence-corrected chi connectivity index (χ0v) is 23.6. The summed E-state index contributed by atoms with van der Waals surface area (Å²) in [5, 5.41) is 7.87. The first-order chi connectivity index (χ1) is 19.7. The van der Waals surface area contributed by atoms with Crippen LogP contribution in [0.15, 0.2) is 151 Å². The van der Waals surface area contributed by atoms with Gasteiger partial charge in [-0.1, -0.05) is 134 Å². The number of hydrogen-bond donors (Lipinski definition) is 2. The van der Waals surface area contributed by atoms with E-state index >= 15 is 0 Å². The quantitative estimate of drug-likeness (QED) is 0.247. The van der Waals surface area contributed by atoms with Crippen molar-refractivity contribution in [2.24, 2.45) is 5.73 Å². The number of benzene rings is 4. The van der Waals surface area contributed by atoms with E-state index < -0.39 is 7.92 Å². The van der Waals surface area contributed by atoms with Crippen LogP contribution in [0.2, 0.25) is 0 Å². The average Bonchev–Trinajstić information content (AvgIpc) is 3.03. The average molecular weight is 537 g/mol. The molecule has 0 amide bonds. The molecule has 2 bridgehead atoms. The third-order valence-electron chi connectivity index (χ3n) is 7.49. The van der Waals surface area contributed by atoms with Crippen molar-refractivity contribution in [1.29, 1.82) is 0 Å². The lowest BCUT2D eigenvalue weighted by Crippen LogP contribution is -2.29. The topological polar surface area (TPSA) is 38.0 Å². The number of nitrogens with two attached hydrogens (primary N) is 1. The van der Waals surface area contributed by atoms with Gasteiger partial charge in [0.2, 0.25) is 0 Å². The van der Waals surface area contributed by atoms with Crippen LogP contribution in [0.25, 0.3) is 22.9 Å². The van der Waals surface area contributed by atoms with Crippen LogP contribution in [0.4, 0.5) is 0 Å². The normalized spacial score (nSPS) is 20.4. The molecule has 2 aliphatic carbocycles. The van der Waals surface area contributed by atoms with E-state index in [9.17, 15) is 0 Å². The summed E-state index contributed by atoms with van der Waals surface area (Å²) >= 11 is 0. The van der Waals surface area contributed by atoms with E-state index in [0.717, 1.165) is 23.4 Å². The Morgan fingerprint density at radius 3 is 2.20 bits per heavy atom. The van der Waals surface area contributed by atoms with E-state index in [2.05, 4.69) is 146 Å². The van der Waals surface area contributed by atoms with E-state index in [4.69, 9.17) is 5.73 Å². The third kappa shape index (κ3) is 5.50. The second-order valence-corrected chi connectivity index (χ2v) is 12.4. The summed E-state index contributed by atoms with van der Waals surface area (Å²) < 4.78 is 0. The van der Waals surface area contributed by atoms with Gasteiger partial charge in [-0.25, -0.2) is 0 Å². The van der Waals surface area contributed by atoms with Gasteiger partial charge in [-0.2, -0.15) is 0 Å². The number of allylic oxidation sites excluding steroid dienone is 5. The maximum atomic E-state index is 6.60. The largest absolute Gasteiger partial charge is 0.397 e. The molecule has 2 atom stereocenters. The van der Waals surface area contributed by atoms with Crippen LogP contribution < -0.4 is 21.7 Å². The molecular weight excluding hydrogens is 503 g/mol. The molecule has 2 nitrogen and oxygen atoms in total. The molecule has 0 aromatic heterocycles. The minimum atomic E-state index is -0.688. The maximum absolute atomic E-state index is 6.60. The van der Waals surface area contributed by atoms with Crippen LogP contribution in [0.1, 0.15) is 23.1 Å². The first kappa shape index (κ1) is 25.9. The predicted molar refractivity (Wildman–Crippen MR) is 174 cm³/mol. The molecule has 6 rings (SSSR count). The first-order valence-electron chi connectivity index (χ1n) is 13.8. The SMILES string of the molecule is Cc1c2cccc1\C(NC1C=CC(P(c3ccccc3)c3cccc(-c4ccccc4)c3)=CC1)=C(N)/C=C\C=C/2. The highest BCUT2D eigenvalue weighted by molar-refractivity contribution is 7.77. The molecule has 3 N–H and O–H groups in total. The van der Waals surface area contributed by atoms with E-state index in [1.807, 2.05) is 12.2 Å². The van der Waals surface area contributed by atoms with Gasteiger partial charge in [0, 0.05) is 11.6 Å². The molecule has 0 radical (unpaired) electrons. The van der Waals surface area contributed by atoms with E-state index in [-0.39, 0.29) is 6.04 Å². The van der Waals surface area contributed by atoms with Crippen molar-refractivity contribution in [3.63, 3.8) is 0 Å². The lowest BCUT2D eigenvalue weighted by atomic mass is 9.98. The van der Waals surface area contributed by atoms with Crippen LogP contribution in [0.3, 0.4) is 0 Å². The highest BCUT2D eigenvalue weighted by Gasteiger charge is 2.22. The minimum absolute atomic E-state index is 0.158. The van der Waals surface area contributed by atoms with Gasteiger partial charge in [-0.3, -0.25) is 0 Å². The second-order valence-electron chi connectivity index (χ2n) is 10.1. The Kier molecular flexibility index (Phi) is 7.62. The van der Waals surface area contributed by atoms with E-state index in [1.54, 1.807) is 0 Å². The van der Waals surface area contributed by atoms with Gasteiger partial charge in [-0.15, -0.1) is 0 Å². The summed E-state index contributed by atoms with van der Waals surface area (Å²) in [7, 11) is -0.688. The zero-order chi connectivity index (χ0) is 27.3. The van der Waals surface area contributed by atoms with Crippen molar-refractivity contribution in [2.45, 2.75) is 19.4 Å².